The van der Waals surface area contributed by atoms with Crippen molar-refractivity contribution in [2.75, 3.05) is 14.2 Å². The summed E-state index contributed by atoms with van der Waals surface area (Å²) >= 11 is 0. The lowest BCUT2D eigenvalue weighted by Gasteiger charge is -2.05. The standard InChI is InChI=1S/C9H12N2O4S/c1-10-9(12)7-3-5-8(6-4-7)16(13,14)11-15-2/h3-6,11H,1-2H3,(H,10,12). The van der Waals surface area contributed by atoms with Gasteiger partial charge in [-0.2, -0.15) is 0 Å². The molecule has 1 aromatic rings. The Labute approximate surface area is 93.6 Å². The van der Waals surface area contributed by atoms with E-state index in [0.29, 0.717) is 5.56 Å². The molecular weight excluding hydrogens is 232 g/mol. The van der Waals surface area contributed by atoms with E-state index < -0.39 is 10.0 Å². The predicted octanol–water partition coefficient (Wildman–Crippen LogP) is -0.114. The summed E-state index contributed by atoms with van der Waals surface area (Å²) in [5, 5.41) is 2.44. The van der Waals surface area contributed by atoms with Gasteiger partial charge < -0.3 is 5.32 Å². The molecule has 0 unspecified atom stereocenters. The molecule has 0 atom stereocenters. The first-order valence-corrected chi connectivity index (χ1v) is 5.86. The van der Waals surface area contributed by atoms with Gasteiger partial charge in [0.1, 0.15) is 0 Å². The van der Waals surface area contributed by atoms with Gasteiger partial charge in [-0.1, -0.05) is 4.89 Å². The van der Waals surface area contributed by atoms with Gasteiger partial charge in [0.15, 0.2) is 0 Å². The van der Waals surface area contributed by atoms with Gasteiger partial charge in [0, 0.05) is 12.6 Å². The number of benzene rings is 1. The number of hydrogen-bond donors (Lipinski definition) is 2. The molecule has 0 saturated carbocycles. The van der Waals surface area contributed by atoms with Crippen LogP contribution in [0.15, 0.2) is 29.2 Å². The van der Waals surface area contributed by atoms with Crippen molar-refractivity contribution in [3.63, 3.8) is 0 Å². The highest BCUT2D eigenvalue weighted by atomic mass is 32.2. The first-order valence-electron chi connectivity index (χ1n) is 4.38. The Kier molecular flexibility index (Phi) is 3.99. The molecule has 1 aromatic carbocycles. The highest BCUT2D eigenvalue weighted by molar-refractivity contribution is 7.89. The number of sulfonamides is 1. The van der Waals surface area contributed by atoms with Crippen LogP contribution in [0.5, 0.6) is 0 Å². The van der Waals surface area contributed by atoms with Gasteiger partial charge in [0.05, 0.1) is 12.0 Å². The minimum Gasteiger partial charge on any atom is -0.355 e. The maximum atomic E-state index is 11.4. The number of rotatable bonds is 4. The fraction of sp³-hybridized carbons (Fsp3) is 0.222. The molecule has 16 heavy (non-hydrogen) atoms. The van der Waals surface area contributed by atoms with Crippen molar-refractivity contribution in [2.45, 2.75) is 4.90 Å². The molecule has 6 nitrogen and oxygen atoms in total. The van der Waals surface area contributed by atoms with Crippen LogP contribution in [0.2, 0.25) is 0 Å². The van der Waals surface area contributed by atoms with Crippen molar-refractivity contribution < 1.29 is 18.0 Å². The minimum absolute atomic E-state index is 0.0296. The monoisotopic (exact) mass is 244 g/mol. The fourth-order valence-corrected chi connectivity index (χ4v) is 1.90. The molecule has 0 bridgehead atoms. The molecule has 0 heterocycles. The van der Waals surface area contributed by atoms with E-state index in [1.54, 1.807) is 0 Å². The second-order valence-electron chi connectivity index (χ2n) is 2.89. The van der Waals surface area contributed by atoms with Crippen LogP contribution in [0, 0.1) is 0 Å². The number of hydrogen-bond acceptors (Lipinski definition) is 4. The van der Waals surface area contributed by atoms with Crippen LogP contribution in [-0.2, 0) is 14.9 Å². The number of nitrogens with one attached hydrogen (secondary N) is 2. The Morgan fingerprint density at radius 3 is 2.25 bits per heavy atom. The summed E-state index contributed by atoms with van der Waals surface area (Å²) in [6.07, 6.45) is 0. The topological polar surface area (TPSA) is 84.5 Å². The molecule has 0 saturated heterocycles. The highest BCUT2D eigenvalue weighted by Crippen LogP contribution is 2.10. The van der Waals surface area contributed by atoms with E-state index in [4.69, 9.17) is 0 Å². The normalized spacial score (nSPS) is 11.1. The lowest BCUT2D eigenvalue weighted by atomic mass is 10.2. The Hall–Kier alpha value is -1.44. The third-order valence-electron chi connectivity index (χ3n) is 1.85. The van der Waals surface area contributed by atoms with Crippen molar-refractivity contribution in [1.82, 2.24) is 10.2 Å². The fourth-order valence-electron chi connectivity index (χ4n) is 1.09. The molecule has 88 valence electrons. The zero-order valence-corrected chi connectivity index (χ0v) is 9.67. The average molecular weight is 244 g/mol. The van der Waals surface area contributed by atoms with Crippen LogP contribution in [-0.4, -0.2) is 28.5 Å². The smallest absolute Gasteiger partial charge is 0.262 e. The van der Waals surface area contributed by atoms with Crippen molar-refractivity contribution >= 4 is 15.9 Å². The minimum atomic E-state index is -3.66. The van der Waals surface area contributed by atoms with Crippen LogP contribution >= 0.6 is 0 Å². The molecule has 0 spiro atoms. The van der Waals surface area contributed by atoms with E-state index >= 15 is 0 Å². The number of amides is 1. The van der Waals surface area contributed by atoms with Crippen LogP contribution in [0.25, 0.3) is 0 Å². The Morgan fingerprint density at radius 2 is 1.81 bits per heavy atom. The first-order chi connectivity index (χ1) is 7.51. The molecule has 0 aliphatic rings. The van der Waals surface area contributed by atoms with Gasteiger partial charge in [-0.25, -0.2) is 8.42 Å². The maximum absolute atomic E-state index is 11.4. The lowest BCUT2D eigenvalue weighted by molar-refractivity contribution is 0.0963. The van der Waals surface area contributed by atoms with Gasteiger partial charge in [-0.15, -0.1) is 0 Å². The summed E-state index contributed by atoms with van der Waals surface area (Å²) in [5.74, 6) is -0.274. The molecule has 0 aliphatic carbocycles. The zero-order valence-electron chi connectivity index (χ0n) is 8.85. The summed E-state index contributed by atoms with van der Waals surface area (Å²) in [6.45, 7) is 0. The third-order valence-corrected chi connectivity index (χ3v) is 3.13. The summed E-state index contributed by atoms with van der Waals surface area (Å²) in [7, 11) is -0.959. The van der Waals surface area contributed by atoms with E-state index in [1.165, 1.54) is 38.4 Å². The molecule has 0 fully saturated rings. The Bertz CT molecular complexity index is 467. The van der Waals surface area contributed by atoms with Crippen LogP contribution in [0.4, 0.5) is 0 Å². The van der Waals surface area contributed by atoms with Gasteiger partial charge in [-0.05, 0) is 24.3 Å². The molecule has 7 heteroatoms. The summed E-state index contributed by atoms with van der Waals surface area (Å²) in [5.41, 5.74) is 0.388. The molecule has 0 radical (unpaired) electrons. The lowest BCUT2D eigenvalue weighted by Crippen LogP contribution is -2.22. The molecule has 0 aromatic heterocycles. The molecule has 1 rings (SSSR count). The number of carbonyl (C=O) groups is 1. The second-order valence-corrected chi connectivity index (χ2v) is 4.54. The van der Waals surface area contributed by atoms with Gasteiger partial charge >= 0.3 is 0 Å². The van der Waals surface area contributed by atoms with E-state index in [9.17, 15) is 13.2 Å². The van der Waals surface area contributed by atoms with Crippen LogP contribution < -0.4 is 10.2 Å². The molecule has 1 amide bonds. The largest absolute Gasteiger partial charge is 0.355 e. The van der Waals surface area contributed by atoms with Crippen LogP contribution in [0.1, 0.15) is 10.4 Å². The summed E-state index contributed by atoms with van der Waals surface area (Å²) in [4.78, 5) is 17.4. The Morgan fingerprint density at radius 1 is 1.25 bits per heavy atom. The van der Waals surface area contributed by atoms with Gasteiger partial charge in [0.2, 0.25) is 0 Å². The molecular formula is C9H12N2O4S. The van der Waals surface area contributed by atoms with Crippen molar-refractivity contribution in [3.05, 3.63) is 29.8 Å². The van der Waals surface area contributed by atoms with E-state index in [-0.39, 0.29) is 10.8 Å². The predicted molar refractivity (Wildman–Crippen MR) is 57.2 cm³/mol. The zero-order chi connectivity index (χ0) is 12.2. The van der Waals surface area contributed by atoms with Crippen molar-refractivity contribution in [2.24, 2.45) is 0 Å². The summed E-state index contributed by atoms with van der Waals surface area (Å²) in [6, 6.07) is 5.49. The molecule has 2 N–H and O–H groups in total. The number of carbonyl (C=O) groups excluding carboxylic acids is 1. The summed E-state index contributed by atoms with van der Waals surface area (Å²) < 4.78 is 22.9. The highest BCUT2D eigenvalue weighted by Gasteiger charge is 2.13. The van der Waals surface area contributed by atoms with E-state index in [0.717, 1.165) is 0 Å². The molecule has 0 aliphatic heterocycles. The average Bonchev–Trinajstić information content (AvgIpc) is 2.28. The second kappa shape index (κ2) is 5.06. The van der Waals surface area contributed by atoms with Gasteiger partial charge in [-0.3, -0.25) is 9.63 Å². The van der Waals surface area contributed by atoms with E-state index in [1.807, 2.05) is 4.89 Å². The van der Waals surface area contributed by atoms with Gasteiger partial charge in [0.25, 0.3) is 15.9 Å². The Balaban J connectivity index is 3.00. The first kappa shape index (κ1) is 12.6. The van der Waals surface area contributed by atoms with Crippen molar-refractivity contribution in [3.8, 4) is 0 Å². The van der Waals surface area contributed by atoms with E-state index in [2.05, 4.69) is 10.2 Å². The maximum Gasteiger partial charge on any atom is 0.262 e. The SMILES string of the molecule is CNC(=O)c1ccc(S(=O)(=O)NOC)cc1. The third kappa shape index (κ3) is 2.78. The van der Waals surface area contributed by atoms with Crippen LogP contribution in [0.3, 0.4) is 0 Å². The quantitative estimate of drug-likeness (QED) is 0.723. The van der Waals surface area contributed by atoms with Crippen molar-refractivity contribution in [1.29, 1.82) is 0 Å².